The van der Waals surface area contributed by atoms with Crippen LogP contribution in [0.1, 0.15) is 13.8 Å². The van der Waals surface area contributed by atoms with Crippen molar-refractivity contribution in [2.75, 3.05) is 6.61 Å². The van der Waals surface area contributed by atoms with Gasteiger partial charge in [-0.1, -0.05) is 23.2 Å². The molecule has 0 radical (unpaired) electrons. The molecule has 0 saturated carbocycles. The molecule has 0 aromatic heterocycles. The molecule has 0 aliphatic rings. The Morgan fingerprint density at radius 1 is 1.35 bits per heavy atom. The Balaban J connectivity index is 2.70. The van der Waals surface area contributed by atoms with E-state index in [0.29, 0.717) is 15.8 Å². The molecule has 0 aliphatic heterocycles. The predicted octanol–water partition coefficient (Wildman–Crippen LogP) is 2.39. The second-order valence-electron chi connectivity index (χ2n) is 4.25. The Hall–Kier alpha value is -0.970. The molecule has 0 bridgehead atoms. The average Bonchev–Trinajstić information content (AvgIpc) is 2.24. The third-order valence-corrected chi connectivity index (χ3v) is 2.62. The largest absolute Gasteiger partial charge is 0.492 e. The summed E-state index contributed by atoms with van der Waals surface area (Å²) in [5, 5.41) is 0.960. The smallest absolute Gasteiger partial charge is 0.242 e. The third kappa shape index (κ3) is 4.07. The van der Waals surface area contributed by atoms with E-state index < -0.39 is 5.41 Å². The number of benzene rings is 1. The van der Waals surface area contributed by atoms with E-state index in [-0.39, 0.29) is 12.5 Å². The van der Waals surface area contributed by atoms with Crippen molar-refractivity contribution in [2.24, 2.45) is 11.3 Å². The number of nitrogens with one attached hydrogen (secondary N) is 1. The highest BCUT2D eigenvalue weighted by Gasteiger charge is 2.28. The lowest BCUT2D eigenvalue weighted by Gasteiger charge is -2.22. The van der Waals surface area contributed by atoms with Gasteiger partial charge < -0.3 is 4.74 Å². The molecule has 0 aliphatic carbocycles. The first-order chi connectivity index (χ1) is 7.85. The number of carbonyl (C=O) groups excluding carboxylic acids is 1. The normalized spacial score (nSPS) is 11.1. The van der Waals surface area contributed by atoms with Crippen molar-refractivity contribution in [1.29, 1.82) is 0 Å². The summed E-state index contributed by atoms with van der Waals surface area (Å²) in [5.74, 6) is 5.29. The molecule has 0 heterocycles. The van der Waals surface area contributed by atoms with Gasteiger partial charge in [-0.2, -0.15) is 0 Å². The standard InChI is InChI=1S/C11H14Cl2N2O2/c1-11(2,10(16)15-14)6-17-9-4-7(12)3-8(13)5-9/h3-5H,6,14H2,1-2H3,(H,15,16). The van der Waals surface area contributed by atoms with Gasteiger partial charge in [0.2, 0.25) is 5.91 Å². The summed E-state index contributed by atoms with van der Waals surface area (Å²) < 4.78 is 5.47. The predicted molar refractivity (Wildman–Crippen MR) is 68.1 cm³/mol. The van der Waals surface area contributed by atoms with Gasteiger partial charge in [0.15, 0.2) is 0 Å². The molecule has 0 saturated heterocycles. The minimum absolute atomic E-state index is 0.173. The summed E-state index contributed by atoms with van der Waals surface area (Å²) in [7, 11) is 0. The van der Waals surface area contributed by atoms with Crippen molar-refractivity contribution in [3.63, 3.8) is 0 Å². The van der Waals surface area contributed by atoms with E-state index >= 15 is 0 Å². The van der Waals surface area contributed by atoms with Crippen molar-refractivity contribution in [2.45, 2.75) is 13.8 Å². The van der Waals surface area contributed by atoms with E-state index in [1.54, 1.807) is 32.0 Å². The van der Waals surface area contributed by atoms with Gasteiger partial charge in [0.05, 0.1) is 5.41 Å². The van der Waals surface area contributed by atoms with E-state index in [9.17, 15) is 4.79 Å². The molecule has 94 valence electrons. The lowest BCUT2D eigenvalue weighted by molar-refractivity contribution is -0.130. The summed E-state index contributed by atoms with van der Waals surface area (Å²) in [5.41, 5.74) is 1.36. The Morgan fingerprint density at radius 2 is 1.88 bits per heavy atom. The molecule has 0 unspecified atom stereocenters. The summed E-state index contributed by atoms with van der Waals surface area (Å²) in [6.07, 6.45) is 0. The van der Waals surface area contributed by atoms with Gasteiger partial charge in [-0.3, -0.25) is 10.2 Å². The zero-order chi connectivity index (χ0) is 13.1. The molecule has 0 atom stereocenters. The summed E-state index contributed by atoms with van der Waals surface area (Å²) in [6.45, 7) is 3.62. The lowest BCUT2D eigenvalue weighted by Crippen LogP contribution is -2.44. The van der Waals surface area contributed by atoms with Gasteiger partial charge in [0, 0.05) is 10.0 Å². The van der Waals surface area contributed by atoms with Gasteiger partial charge in [-0.25, -0.2) is 5.84 Å². The first-order valence-electron chi connectivity index (χ1n) is 4.95. The fourth-order valence-corrected chi connectivity index (χ4v) is 1.64. The number of rotatable bonds is 4. The molecule has 1 rings (SSSR count). The van der Waals surface area contributed by atoms with Crippen LogP contribution < -0.4 is 16.0 Å². The number of hydrogen-bond donors (Lipinski definition) is 2. The molecule has 1 aromatic rings. The van der Waals surface area contributed by atoms with Gasteiger partial charge in [-0.05, 0) is 32.0 Å². The SMILES string of the molecule is CC(C)(COc1cc(Cl)cc(Cl)c1)C(=O)NN. The Kier molecular flexibility index (Phi) is 4.62. The van der Waals surface area contributed by atoms with Crippen molar-refractivity contribution in [1.82, 2.24) is 5.43 Å². The Bertz CT molecular complexity index is 402. The topological polar surface area (TPSA) is 64.3 Å². The molecule has 0 spiro atoms. The average molecular weight is 277 g/mol. The first-order valence-corrected chi connectivity index (χ1v) is 5.71. The minimum Gasteiger partial charge on any atom is -0.492 e. The summed E-state index contributed by atoms with van der Waals surface area (Å²) >= 11 is 11.7. The van der Waals surface area contributed by atoms with Gasteiger partial charge in [0.1, 0.15) is 12.4 Å². The van der Waals surface area contributed by atoms with Crippen LogP contribution in [0.5, 0.6) is 5.75 Å². The van der Waals surface area contributed by atoms with E-state index in [1.807, 2.05) is 0 Å². The van der Waals surface area contributed by atoms with Crippen LogP contribution in [0.15, 0.2) is 18.2 Å². The zero-order valence-corrected chi connectivity index (χ0v) is 11.1. The molecule has 1 aromatic carbocycles. The minimum atomic E-state index is -0.733. The molecule has 6 heteroatoms. The van der Waals surface area contributed by atoms with E-state index in [4.69, 9.17) is 33.8 Å². The molecule has 17 heavy (non-hydrogen) atoms. The molecule has 0 fully saturated rings. The van der Waals surface area contributed by atoms with Crippen LogP contribution in [0.3, 0.4) is 0 Å². The fourth-order valence-electron chi connectivity index (χ4n) is 1.14. The number of ether oxygens (including phenoxy) is 1. The third-order valence-electron chi connectivity index (χ3n) is 2.18. The van der Waals surface area contributed by atoms with Gasteiger partial charge in [-0.15, -0.1) is 0 Å². The van der Waals surface area contributed by atoms with Crippen LogP contribution in [0.2, 0.25) is 10.0 Å². The number of amides is 1. The van der Waals surface area contributed by atoms with Crippen LogP contribution in [0, 0.1) is 5.41 Å². The van der Waals surface area contributed by atoms with Crippen LogP contribution in [-0.2, 0) is 4.79 Å². The van der Waals surface area contributed by atoms with Crippen molar-refractivity contribution < 1.29 is 9.53 Å². The Morgan fingerprint density at radius 3 is 2.35 bits per heavy atom. The number of hydrazine groups is 1. The molecular weight excluding hydrogens is 263 g/mol. The number of nitrogens with two attached hydrogens (primary N) is 1. The van der Waals surface area contributed by atoms with Crippen LogP contribution in [0.25, 0.3) is 0 Å². The van der Waals surface area contributed by atoms with Crippen molar-refractivity contribution >= 4 is 29.1 Å². The van der Waals surface area contributed by atoms with Gasteiger partial charge >= 0.3 is 0 Å². The number of halogens is 2. The van der Waals surface area contributed by atoms with Crippen molar-refractivity contribution in [3.05, 3.63) is 28.2 Å². The van der Waals surface area contributed by atoms with Crippen LogP contribution in [-0.4, -0.2) is 12.5 Å². The maximum absolute atomic E-state index is 11.4. The molecule has 3 N–H and O–H groups in total. The first kappa shape index (κ1) is 14.1. The van der Waals surface area contributed by atoms with E-state index in [0.717, 1.165) is 0 Å². The van der Waals surface area contributed by atoms with Gasteiger partial charge in [0.25, 0.3) is 0 Å². The monoisotopic (exact) mass is 276 g/mol. The lowest BCUT2D eigenvalue weighted by atomic mass is 9.94. The van der Waals surface area contributed by atoms with Crippen molar-refractivity contribution in [3.8, 4) is 5.75 Å². The highest BCUT2D eigenvalue weighted by molar-refractivity contribution is 6.34. The number of hydrogen-bond acceptors (Lipinski definition) is 3. The fraction of sp³-hybridized carbons (Fsp3) is 0.364. The van der Waals surface area contributed by atoms with E-state index in [1.165, 1.54) is 0 Å². The second-order valence-corrected chi connectivity index (χ2v) is 5.12. The highest BCUT2D eigenvalue weighted by Crippen LogP contribution is 2.26. The summed E-state index contributed by atoms with van der Waals surface area (Å²) in [6, 6.07) is 4.86. The quantitative estimate of drug-likeness (QED) is 0.504. The van der Waals surface area contributed by atoms with Crippen LogP contribution >= 0.6 is 23.2 Å². The Labute approximate surface area is 110 Å². The molecular formula is C11H14Cl2N2O2. The molecule has 4 nitrogen and oxygen atoms in total. The summed E-state index contributed by atoms with van der Waals surface area (Å²) in [4.78, 5) is 11.4. The highest BCUT2D eigenvalue weighted by atomic mass is 35.5. The molecule has 1 amide bonds. The van der Waals surface area contributed by atoms with Crippen LogP contribution in [0.4, 0.5) is 0 Å². The zero-order valence-electron chi connectivity index (χ0n) is 9.59. The maximum Gasteiger partial charge on any atom is 0.242 e. The number of carbonyl (C=O) groups is 1. The second kappa shape index (κ2) is 5.58. The van der Waals surface area contributed by atoms with E-state index in [2.05, 4.69) is 5.43 Å². The maximum atomic E-state index is 11.4.